The summed E-state index contributed by atoms with van der Waals surface area (Å²) in [6, 6.07) is 18.6. The molecule has 0 saturated carbocycles. The highest BCUT2D eigenvalue weighted by molar-refractivity contribution is 7.86. The summed E-state index contributed by atoms with van der Waals surface area (Å²) in [5.74, 6) is 0.145. The zero-order chi connectivity index (χ0) is 15.6. The molecule has 112 valence electrons. The summed E-state index contributed by atoms with van der Waals surface area (Å²) in [5.41, 5.74) is 5.97. The highest BCUT2D eigenvalue weighted by Crippen LogP contribution is 2.26. The first-order chi connectivity index (χ1) is 10.6. The van der Waals surface area contributed by atoms with Crippen LogP contribution in [-0.2, 0) is 14.5 Å². The van der Waals surface area contributed by atoms with Gasteiger partial charge in [-0.25, -0.2) is 0 Å². The van der Waals surface area contributed by atoms with Crippen LogP contribution in [-0.4, -0.2) is 8.42 Å². The van der Waals surface area contributed by atoms with Crippen LogP contribution in [0.4, 0.5) is 5.69 Å². The standard InChI is InChI=1S/C16H13NO4S/c17-14-9-3-4-10-15(14)20-21-22(18,19)16-11-5-7-12-6-1-2-8-13(12)16/h1-11H,17H2. The minimum absolute atomic E-state index is 0.0418. The molecule has 2 N–H and O–H groups in total. The molecular weight excluding hydrogens is 302 g/mol. The van der Waals surface area contributed by atoms with E-state index in [4.69, 9.17) is 10.6 Å². The first-order valence-electron chi connectivity index (χ1n) is 6.51. The number of benzene rings is 3. The zero-order valence-electron chi connectivity index (χ0n) is 11.5. The Balaban J connectivity index is 1.94. The molecule has 3 aromatic rings. The summed E-state index contributed by atoms with van der Waals surface area (Å²) in [6.45, 7) is 0. The van der Waals surface area contributed by atoms with Crippen LogP contribution in [0.1, 0.15) is 0 Å². The predicted octanol–water partition coefficient (Wildman–Crippen LogP) is 3.12. The van der Waals surface area contributed by atoms with Gasteiger partial charge < -0.3 is 10.6 Å². The summed E-state index contributed by atoms with van der Waals surface area (Å²) in [4.78, 5) is 4.93. The van der Waals surface area contributed by atoms with Crippen LogP contribution in [0.5, 0.6) is 5.75 Å². The Labute approximate surface area is 128 Å². The van der Waals surface area contributed by atoms with Gasteiger partial charge in [-0.05, 0) is 23.6 Å². The summed E-state index contributed by atoms with van der Waals surface area (Å²) < 4.78 is 29.4. The highest BCUT2D eigenvalue weighted by atomic mass is 32.2. The van der Waals surface area contributed by atoms with Gasteiger partial charge in [-0.2, -0.15) is 8.42 Å². The van der Waals surface area contributed by atoms with Crippen molar-refractivity contribution in [3.05, 3.63) is 66.7 Å². The van der Waals surface area contributed by atoms with Crippen molar-refractivity contribution < 1.29 is 17.6 Å². The maximum Gasteiger partial charge on any atom is 0.332 e. The fourth-order valence-electron chi connectivity index (χ4n) is 2.09. The Morgan fingerprint density at radius 1 is 0.818 bits per heavy atom. The molecule has 0 aromatic heterocycles. The molecule has 0 spiro atoms. The number of para-hydroxylation sites is 2. The van der Waals surface area contributed by atoms with Gasteiger partial charge in [-0.15, -0.1) is 0 Å². The normalized spacial score (nSPS) is 11.5. The average Bonchev–Trinajstić information content (AvgIpc) is 2.53. The monoisotopic (exact) mass is 315 g/mol. The molecule has 0 bridgehead atoms. The molecule has 0 aliphatic rings. The van der Waals surface area contributed by atoms with Crippen molar-refractivity contribution >= 4 is 26.6 Å². The van der Waals surface area contributed by atoms with E-state index in [1.165, 1.54) is 12.1 Å². The smallest absolute Gasteiger partial charge is 0.332 e. The molecule has 0 amide bonds. The molecule has 3 rings (SSSR count). The van der Waals surface area contributed by atoms with Crippen LogP contribution in [0.3, 0.4) is 0 Å². The number of anilines is 1. The SMILES string of the molecule is Nc1ccccc1OOS(=O)(=O)c1cccc2ccccc12. The van der Waals surface area contributed by atoms with Crippen LogP contribution in [0.2, 0.25) is 0 Å². The molecule has 0 radical (unpaired) electrons. The predicted molar refractivity (Wildman–Crippen MR) is 83.7 cm³/mol. The Hall–Kier alpha value is -2.57. The first-order valence-corrected chi connectivity index (χ1v) is 7.92. The van der Waals surface area contributed by atoms with Gasteiger partial charge in [0.15, 0.2) is 5.75 Å². The van der Waals surface area contributed by atoms with E-state index in [1.54, 1.807) is 36.4 Å². The molecular formula is C16H13NO4S. The van der Waals surface area contributed by atoms with Crippen molar-refractivity contribution in [3.8, 4) is 5.75 Å². The minimum Gasteiger partial charge on any atom is -0.396 e. The van der Waals surface area contributed by atoms with Gasteiger partial charge in [0.05, 0.1) is 5.69 Å². The molecule has 0 fully saturated rings. The number of nitrogen functional groups attached to an aromatic ring is 1. The third-order valence-electron chi connectivity index (χ3n) is 3.15. The van der Waals surface area contributed by atoms with Crippen LogP contribution in [0.15, 0.2) is 71.6 Å². The van der Waals surface area contributed by atoms with E-state index in [0.29, 0.717) is 5.39 Å². The summed E-state index contributed by atoms with van der Waals surface area (Å²) in [7, 11) is -4.08. The van der Waals surface area contributed by atoms with Crippen LogP contribution >= 0.6 is 0 Å². The highest BCUT2D eigenvalue weighted by Gasteiger charge is 2.20. The molecule has 0 unspecified atom stereocenters. The Morgan fingerprint density at radius 3 is 2.32 bits per heavy atom. The molecule has 6 heteroatoms. The number of hydrogen-bond acceptors (Lipinski definition) is 5. The van der Waals surface area contributed by atoms with E-state index in [-0.39, 0.29) is 16.3 Å². The van der Waals surface area contributed by atoms with Crippen molar-refractivity contribution in [1.82, 2.24) is 0 Å². The molecule has 0 saturated heterocycles. The maximum absolute atomic E-state index is 12.3. The fourth-order valence-corrected chi connectivity index (χ4v) is 3.02. The van der Waals surface area contributed by atoms with Crippen molar-refractivity contribution in [3.63, 3.8) is 0 Å². The fraction of sp³-hybridized carbons (Fsp3) is 0. The van der Waals surface area contributed by atoms with E-state index in [1.807, 2.05) is 18.2 Å². The molecule has 0 aliphatic carbocycles. The maximum atomic E-state index is 12.3. The van der Waals surface area contributed by atoms with Crippen molar-refractivity contribution in [1.29, 1.82) is 0 Å². The van der Waals surface area contributed by atoms with E-state index in [2.05, 4.69) is 4.33 Å². The van der Waals surface area contributed by atoms with Gasteiger partial charge in [0.2, 0.25) is 0 Å². The second kappa shape index (κ2) is 5.67. The number of rotatable bonds is 4. The second-order valence-corrected chi connectivity index (χ2v) is 6.10. The molecule has 3 aromatic carbocycles. The Kier molecular flexibility index (Phi) is 3.70. The Morgan fingerprint density at radius 2 is 1.50 bits per heavy atom. The summed E-state index contributed by atoms with van der Waals surface area (Å²) >= 11 is 0. The van der Waals surface area contributed by atoms with E-state index in [0.717, 1.165) is 5.39 Å². The Bertz CT molecular complexity index is 917. The summed E-state index contributed by atoms with van der Waals surface area (Å²) in [6.07, 6.45) is 0. The van der Waals surface area contributed by atoms with Crippen molar-refractivity contribution in [2.24, 2.45) is 0 Å². The first kappa shape index (κ1) is 14.4. The lowest BCUT2D eigenvalue weighted by Crippen LogP contribution is -2.10. The van der Waals surface area contributed by atoms with Gasteiger partial charge in [0, 0.05) is 5.39 Å². The lowest BCUT2D eigenvalue weighted by molar-refractivity contribution is -0.0917. The van der Waals surface area contributed by atoms with Gasteiger partial charge >= 0.3 is 10.1 Å². The topological polar surface area (TPSA) is 78.6 Å². The van der Waals surface area contributed by atoms with Crippen LogP contribution < -0.4 is 10.6 Å². The number of fused-ring (bicyclic) bond motifs is 1. The third kappa shape index (κ3) is 2.74. The lowest BCUT2D eigenvalue weighted by atomic mass is 10.1. The van der Waals surface area contributed by atoms with Gasteiger partial charge in [0.25, 0.3) is 0 Å². The molecule has 0 aliphatic heterocycles. The number of nitrogens with two attached hydrogens (primary N) is 1. The average molecular weight is 315 g/mol. The van der Waals surface area contributed by atoms with Crippen LogP contribution in [0, 0.1) is 0 Å². The van der Waals surface area contributed by atoms with Gasteiger partial charge in [-0.3, -0.25) is 0 Å². The lowest BCUT2D eigenvalue weighted by Gasteiger charge is -2.09. The van der Waals surface area contributed by atoms with Gasteiger partial charge in [0.1, 0.15) is 4.90 Å². The van der Waals surface area contributed by atoms with Crippen LogP contribution in [0.25, 0.3) is 10.8 Å². The quantitative estimate of drug-likeness (QED) is 0.454. The van der Waals surface area contributed by atoms with E-state index >= 15 is 0 Å². The van der Waals surface area contributed by atoms with Crippen molar-refractivity contribution in [2.75, 3.05) is 5.73 Å². The zero-order valence-corrected chi connectivity index (χ0v) is 12.3. The van der Waals surface area contributed by atoms with Crippen molar-refractivity contribution in [2.45, 2.75) is 4.90 Å². The molecule has 5 nitrogen and oxygen atoms in total. The molecule has 0 heterocycles. The van der Waals surface area contributed by atoms with E-state index in [9.17, 15) is 8.42 Å². The summed E-state index contributed by atoms with van der Waals surface area (Å²) in [5, 5.41) is 1.36. The van der Waals surface area contributed by atoms with E-state index < -0.39 is 10.1 Å². The number of hydrogen-bond donors (Lipinski definition) is 1. The minimum atomic E-state index is -4.08. The second-order valence-electron chi connectivity index (χ2n) is 4.62. The largest absolute Gasteiger partial charge is 0.396 e. The van der Waals surface area contributed by atoms with Gasteiger partial charge in [-0.1, -0.05) is 52.9 Å². The molecule has 0 atom stereocenters. The molecule has 22 heavy (non-hydrogen) atoms. The third-order valence-corrected chi connectivity index (χ3v) is 4.29.